The number of sulfonamides is 1. The van der Waals surface area contributed by atoms with E-state index in [1.165, 1.54) is 17.8 Å². The minimum atomic E-state index is -5.08. The summed E-state index contributed by atoms with van der Waals surface area (Å²) in [7, 11) is -2.33. The third-order valence-corrected chi connectivity index (χ3v) is 12.2. The largest absolute Gasteiger partial charge is 0.435 e. The number of pyridine rings is 1. The molecule has 1 amide bonds. The highest BCUT2D eigenvalue weighted by Gasteiger charge is 2.68. The van der Waals surface area contributed by atoms with Gasteiger partial charge in [0.05, 0.1) is 45.9 Å². The van der Waals surface area contributed by atoms with Gasteiger partial charge in [-0.3, -0.25) is 18.9 Å². The fraction of sp³-hybridized carbons (Fsp3) is 0.400. The number of aliphatic hydroxyl groups excluding tert-OH is 1. The van der Waals surface area contributed by atoms with Gasteiger partial charge in [-0.05, 0) is 73.4 Å². The molecule has 2 saturated carbocycles. The lowest BCUT2D eigenvalue weighted by molar-refractivity contribution is -0.142. The zero-order valence-corrected chi connectivity index (χ0v) is 33.3. The van der Waals surface area contributed by atoms with E-state index in [9.17, 15) is 40.3 Å². The van der Waals surface area contributed by atoms with E-state index in [-0.39, 0.29) is 63.7 Å². The van der Waals surface area contributed by atoms with Crippen molar-refractivity contribution in [1.29, 1.82) is 0 Å². The Morgan fingerprint density at radius 2 is 1.75 bits per heavy atom. The van der Waals surface area contributed by atoms with Crippen LogP contribution in [0.5, 0.6) is 0 Å². The SMILES string of the molecule is Cn1nc(NS(C)(=O)=O)c2c(Cl)ccc(-c3ccc(C#CC4(CO)CCCC4)nc3[C@H](Cc3cc(F)cc(F)c3)NC(=O)Cn3nc(C(F)(F)F)c4c3C(F)(F)C3C[C@H]43)c21. The highest BCUT2D eigenvalue weighted by molar-refractivity contribution is 7.92. The number of carbonyl (C=O) groups excluding carboxylic acids is 1. The highest BCUT2D eigenvalue weighted by atomic mass is 35.5. The molecule has 3 aliphatic carbocycles. The molecule has 316 valence electrons. The first kappa shape index (κ1) is 41.5. The second-order valence-corrected chi connectivity index (χ2v) is 17.8. The van der Waals surface area contributed by atoms with Gasteiger partial charge < -0.3 is 10.4 Å². The molecule has 0 radical (unpaired) electrons. The molecular weight excluding hydrogens is 843 g/mol. The molecule has 3 N–H and O–H groups in total. The maximum Gasteiger partial charge on any atom is 0.435 e. The number of aromatic nitrogens is 5. The van der Waals surface area contributed by atoms with Gasteiger partial charge in [-0.2, -0.15) is 32.1 Å². The van der Waals surface area contributed by atoms with Gasteiger partial charge in [-0.25, -0.2) is 22.2 Å². The number of aliphatic hydroxyl groups is 1. The number of amides is 1. The molecule has 60 heavy (non-hydrogen) atoms. The van der Waals surface area contributed by atoms with Crippen LogP contribution >= 0.6 is 11.6 Å². The fourth-order valence-electron chi connectivity index (χ4n) is 8.60. The van der Waals surface area contributed by atoms with Crippen LogP contribution in [0.2, 0.25) is 5.02 Å². The van der Waals surface area contributed by atoms with Gasteiger partial charge in [0.25, 0.3) is 5.92 Å². The molecule has 0 spiro atoms. The molecule has 2 aromatic carbocycles. The van der Waals surface area contributed by atoms with Crippen LogP contribution < -0.4 is 10.0 Å². The van der Waals surface area contributed by atoms with Crippen molar-refractivity contribution < 1.29 is 49.1 Å². The second kappa shape index (κ2) is 14.8. The summed E-state index contributed by atoms with van der Waals surface area (Å²) >= 11 is 6.60. The van der Waals surface area contributed by atoms with Crippen molar-refractivity contribution in [2.24, 2.45) is 18.4 Å². The van der Waals surface area contributed by atoms with Crippen molar-refractivity contribution in [2.75, 3.05) is 17.6 Å². The van der Waals surface area contributed by atoms with Crippen LogP contribution in [-0.2, 0) is 46.9 Å². The monoisotopic (exact) mass is 877 g/mol. The predicted molar refractivity (Wildman–Crippen MR) is 205 cm³/mol. The number of halogens is 8. The number of hydrogen-bond acceptors (Lipinski definition) is 7. The second-order valence-electron chi connectivity index (χ2n) is 15.6. The minimum Gasteiger partial charge on any atom is -0.395 e. The minimum absolute atomic E-state index is 0.0135. The van der Waals surface area contributed by atoms with Gasteiger partial charge in [0, 0.05) is 35.7 Å². The first-order chi connectivity index (χ1) is 28.2. The quantitative estimate of drug-likeness (QED) is 0.0983. The zero-order chi connectivity index (χ0) is 43.1. The summed E-state index contributed by atoms with van der Waals surface area (Å²) in [5, 5.41) is 21.0. The smallest absolute Gasteiger partial charge is 0.395 e. The maximum absolute atomic E-state index is 15.5. The molecule has 3 aliphatic rings. The van der Waals surface area contributed by atoms with E-state index >= 15 is 8.78 Å². The lowest BCUT2D eigenvalue weighted by Gasteiger charge is -2.23. The lowest BCUT2D eigenvalue weighted by atomic mass is 9.88. The number of aryl methyl sites for hydroxylation is 1. The van der Waals surface area contributed by atoms with Crippen molar-refractivity contribution in [2.45, 2.75) is 69.1 Å². The number of carbonyl (C=O) groups is 1. The topological polar surface area (TPSA) is 144 Å². The van der Waals surface area contributed by atoms with E-state index < -0.39 is 86.5 Å². The lowest BCUT2D eigenvalue weighted by Crippen LogP contribution is -2.35. The van der Waals surface area contributed by atoms with E-state index in [0.717, 1.165) is 31.2 Å². The Bertz CT molecular complexity index is 2730. The number of fused-ring (bicyclic) bond motifs is 4. The van der Waals surface area contributed by atoms with Crippen molar-refractivity contribution in [3.05, 3.63) is 93.0 Å². The summed E-state index contributed by atoms with van der Waals surface area (Å²) in [6.07, 6.45) is -1.74. The third-order valence-electron chi connectivity index (χ3n) is 11.3. The van der Waals surface area contributed by atoms with Crippen molar-refractivity contribution in [3.8, 4) is 23.0 Å². The molecule has 3 aromatic heterocycles. The molecule has 5 aromatic rings. The molecule has 1 unspecified atom stereocenters. The van der Waals surface area contributed by atoms with Crippen LogP contribution in [0, 0.1) is 34.8 Å². The summed E-state index contributed by atoms with van der Waals surface area (Å²) in [4.78, 5) is 18.8. The molecule has 8 rings (SSSR count). The molecule has 0 saturated heterocycles. The summed E-state index contributed by atoms with van der Waals surface area (Å²) in [5.74, 6) is -3.06. The zero-order valence-electron chi connectivity index (χ0n) is 31.8. The molecule has 11 nitrogen and oxygen atoms in total. The predicted octanol–water partition coefficient (Wildman–Crippen LogP) is 7.37. The average Bonchev–Trinajstić information content (AvgIpc) is 3.38. The van der Waals surface area contributed by atoms with Crippen LogP contribution in [0.25, 0.3) is 22.0 Å². The normalized spacial score (nSPS) is 19.4. The number of rotatable bonds is 10. The Balaban J connectivity index is 1.28. The fourth-order valence-corrected chi connectivity index (χ4v) is 9.34. The van der Waals surface area contributed by atoms with Crippen LogP contribution in [0.4, 0.5) is 36.6 Å². The van der Waals surface area contributed by atoms with Gasteiger partial charge >= 0.3 is 6.18 Å². The third kappa shape index (κ3) is 7.69. The van der Waals surface area contributed by atoms with Crippen LogP contribution in [0.15, 0.2) is 42.5 Å². The number of anilines is 1. The number of nitrogens with one attached hydrogen (secondary N) is 2. The Morgan fingerprint density at radius 1 is 1.07 bits per heavy atom. The standard InChI is InChI=1S/C40H35ClF7N7O4S/c1-54-34-25(7-8-28(41)32(34)37(52-54)53-60(2,58)59)24-6-5-23(9-12-38(19-56)10-3-4-11-38)49-33(24)29(15-20-13-21(42)16-22(43)14-20)50-30(57)18-55-36-31(35(51-55)40(46,47)48)26-17-27(26)39(36,44)45/h5-8,13-14,16,26-27,29,56H,3-4,10-11,15,17-19H2,1-2H3,(H,50,57)(H,52,53)/t26-,27?,29-/m0/s1. The molecule has 0 aliphatic heterocycles. The maximum atomic E-state index is 15.5. The summed E-state index contributed by atoms with van der Waals surface area (Å²) < 4.78 is 131. The molecule has 3 heterocycles. The van der Waals surface area contributed by atoms with E-state index in [1.807, 2.05) is 0 Å². The molecule has 2 fully saturated rings. The number of nitrogens with zero attached hydrogens (tertiary/aromatic N) is 5. The Hall–Kier alpha value is -5.19. The van der Waals surface area contributed by atoms with Gasteiger partial charge in [0.15, 0.2) is 11.5 Å². The highest BCUT2D eigenvalue weighted by Crippen LogP contribution is 2.68. The van der Waals surface area contributed by atoms with E-state index in [0.29, 0.717) is 29.2 Å². The number of hydrogen-bond donors (Lipinski definition) is 3. The number of alkyl halides is 5. The van der Waals surface area contributed by atoms with Crippen molar-refractivity contribution in [1.82, 2.24) is 29.9 Å². The molecule has 20 heteroatoms. The summed E-state index contributed by atoms with van der Waals surface area (Å²) in [6.45, 7) is -1.29. The Kier molecular flexibility index (Phi) is 10.2. The van der Waals surface area contributed by atoms with E-state index in [2.05, 4.69) is 32.1 Å². The van der Waals surface area contributed by atoms with Crippen molar-refractivity contribution >= 4 is 44.3 Å². The van der Waals surface area contributed by atoms with Gasteiger partial charge in [-0.1, -0.05) is 36.4 Å². The summed E-state index contributed by atoms with van der Waals surface area (Å²) in [6, 6.07) is 7.44. The van der Waals surface area contributed by atoms with Crippen LogP contribution in [0.3, 0.4) is 0 Å². The Labute approximate surface area is 343 Å². The van der Waals surface area contributed by atoms with Crippen molar-refractivity contribution in [3.63, 3.8) is 0 Å². The van der Waals surface area contributed by atoms with Gasteiger partial charge in [0.2, 0.25) is 15.9 Å². The molecule has 0 bridgehead atoms. The first-order valence-corrected chi connectivity index (χ1v) is 21.0. The molecule has 3 atom stereocenters. The van der Waals surface area contributed by atoms with E-state index in [1.54, 1.807) is 18.2 Å². The first-order valence-electron chi connectivity index (χ1n) is 18.8. The van der Waals surface area contributed by atoms with Gasteiger partial charge in [0.1, 0.15) is 29.6 Å². The van der Waals surface area contributed by atoms with Gasteiger partial charge in [-0.15, -0.1) is 0 Å². The summed E-state index contributed by atoms with van der Waals surface area (Å²) in [5.41, 5.74) is -2.78. The number of benzene rings is 2. The van der Waals surface area contributed by atoms with Crippen LogP contribution in [0.1, 0.15) is 78.0 Å². The van der Waals surface area contributed by atoms with E-state index in [4.69, 9.17) is 16.6 Å². The molecular formula is C40H35ClF7N7O4S. The average molecular weight is 878 g/mol. The van der Waals surface area contributed by atoms with Crippen LogP contribution in [-0.4, -0.2) is 56.8 Å². The Morgan fingerprint density at radius 3 is 2.40 bits per heavy atom.